The van der Waals surface area contributed by atoms with E-state index in [0.717, 1.165) is 31.9 Å². The summed E-state index contributed by atoms with van der Waals surface area (Å²) in [6.45, 7) is 2.61. The maximum Gasteiger partial charge on any atom is 0.123 e. The van der Waals surface area contributed by atoms with Crippen molar-refractivity contribution in [3.05, 3.63) is 35.6 Å². The molecule has 2 aromatic heterocycles. The average Bonchev–Trinajstić information content (AvgIpc) is 3.16. The first-order chi connectivity index (χ1) is 9.76. The summed E-state index contributed by atoms with van der Waals surface area (Å²) >= 11 is 5.88. The van der Waals surface area contributed by atoms with Crippen molar-refractivity contribution in [2.75, 3.05) is 20.2 Å². The second-order valence-electron chi connectivity index (χ2n) is 5.00. The van der Waals surface area contributed by atoms with Crippen LogP contribution in [-0.4, -0.2) is 51.0 Å². The molecular formula is C13H18ClN5O. The molecule has 1 fully saturated rings. The number of halogens is 1. The van der Waals surface area contributed by atoms with Gasteiger partial charge in [0.15, 0.2) is 0 Å². The molecule has 20 heavy (non-hydrogen) atoms. The van der Waals surface area contributed by atoms with Crippen molar-refractivity contribution in [1.29, 1.82) is 0 Å². The lowest BCUT2D eigenvalue weighted by Gasteiger charge is -2.22. The molecular weight excluding hydrogens is 278 g/mol. The zero-order valence-corrected chi connectivity index (χ0v) is 12.1. The number of aromatic nitrogens is 4. The normalized spacial score (nSPS) is 23.5. The topological polar surface area (TPSA) is 59.0 Å². The highest BCUT2D eigenvalue weighted by Gasteiger charge is 2.34. The van der Waals surface area contributed by atoms with Crippen LogP contribution in [-0.2, 0) is 11.3 Å². The molecule has 3 rings (SSSR count). The summed E-state index contributed by atoms with van der Waals surface area (Å²) in [7, 11) is 1.76. The van der Waals surface area contributed by atoms with Crippen LogP contribution in [0.25, 0.3) is 0 Å². The third-order valence-electron chi connectivity index (χ3n) is 3.75. The molecule has 1 N–H and O–H groups in total. The van der Waals surface area contributed by atoms with Crippen LogP contribution >= 0.6 is 11.6 Å². The van der Waals surface area contributed by atoms with Gasteiger partial charge < -0.3 is 9.72 Å². The minimum Gasteiger partial charge on any atom is -0.380 e. The summed E-state index contributed by atoms with van der Waals surface area (Å²) in [6, 6.07) is 0.279. The number of nitrogens with one attached hydrogen (secondary N) is 1. The second kappa shape index (κ2) is 5.95. The Morgan fingerprint density at radius 2 is 2.40 bits per heavy atom. The van der Waals surface area contributed by atoms with E-state index >= 15 is 0 Å². The number of hydrogen-bond acceptors (Lipinski definition) is 4. The summed E-state index contributed by atoms with van der Waals surface area (Å²) in [5.41, 5.74) is 0. The first-order valence-electron chi connectivity index (χ1n) is 6.70. The van der Waals surface area contributed by atoms with Crippen molar-refractivity contribution >= 4 is 11.6 Å². The van der Waals surface area contributed by atoms with Crippen LogP contribution in [0.15, 0.2) is 24.8 Å². The Balaban J connectivity index is 1.66. The summed E-state index contributed by atoms with van der Waals surface area (Å²) in [5, 5.41) is 4.88. The highest BCUT2D eigenvalue weighted by molar-refractivity contribution is 6.30. The monoisotopic (exact) mass is 295 g/mol. The number of ether oxygens (including phenoxy) is 1. The maximum absolute atomic E-state index is 5.88. The molecule has 1 aliphatic rings. The quantitative estimate of drug-likeness (QED) is 0.912. The first kappa shape index (κ1) is 13.6. The van der Waals surface area contributed by atoms with Crippen molar-refractivity contribution in [3.8, 4) is 0 Å². The summed E-state index contributed by atoms with van der Waals surface area (Å²) in [4.78, 5) is 9.96. The molecule has 6 nitrogen and oxygen atoms in total. The fourth-order valence-corrected chi connectivity index (χ4v) is 2.87. The second-order valence-corrected chi connectivity index (χ2v) is 5.44. The molecule has 0 radical (unpaired) electrons. The van der Waals surface area contributed by atoms with Gasteiger partial charge in [-0.3, -0.25) is 9.58 Å². The van der Waals surface area contributed by atoms with Gasteiger partial charge in [0.05, 0.1) is 29.9 Å². The minimum absolute atomic E-state index is 0.256. The molecule has 1 aliphatic heterocycles. The molecule has 0 saturated carbocycles. The van der Waals surface area contributed by atoms with E-state index in [1.807, 2.05) is 17.1 Å². The van der Waals surface area contributed by atoms with E-state index in [0.29, 0.717) is 5.02 Å². The molecule has 1 saturated heterocycles. The smallest absolute Gasteiger partial charge is 0.123 e. The lowest BCUT2D eigenvalue weighted by atomic mass is 10.2. The summed E-state index contributed by atoms with van der Waals surface area (Å²) in [5.74, 6) is 1.00. The van der Waals surface area contributed by atoms with Crippen LogP contribution in [0.1, 0.15) is 18.3 Å². The van der Waals surface area contributed by atoms with Gasteiger partial charge in [-0.05, 0) is 6.42 Å². The Labute approximate surface area is 122 Å². The van der Waals surface area contributed by atoms with Gasteiger partial charge in [-0.1, -0.05) is 11.6 Å². The fraction of sp³-hybridized carbons (Fsp3) is 0.538. The van der Waals surface area contributed by atoms with Crippen LogP contribution < -0.4 is 0 Å². The number of methoxy groups -OCH3 is 1. The van der Waals surface area contributed by atoms with E-state index in [1.165, 1.54) is 0 Å². The minimum atomic E-state index is 0.256. The van der Waals surface area contributed by atoms with Gasteiger partial charge in [-0.2, -0.15) is 5.10 Å². The highest BCUT2D eigenvalue weighted by atomic mass is 35.5. The van der Waals surface area contributed by atoms with Gasteiger partial charge in [0.1, 0.15) is 5.82 Å². The maximum atomic E-state index is 5.88. The average molecular weight is 296 g/mol. The lowest BCUT2D eigenvalue weighted by Crippen LogP contribution is -2.29. The predicted molar refractivity (Wildman–Crippen MR) is 75.6 cm³/mol. The Bertz CT molecular complexity index is 541. The molecule has 7 heteroatoms. The predicted octanol–water partition coefficient (Wildman–Crippen LogP) is 1.72. The number of rotatable bonds is 5. The third-order valence-corrected chi connectivity index (χ3v) is 3.95. The van der Waals surface area contributed by atoms with Gasteiger partial charge in [-0.25, -0.2) is 4.98 Å². The molecule has 2 aromatic rings. The SMILES string of the molecule is CO[C@@H]1CC(c2ncc[nH]2)N(CCn2cc(Cl)cn2)C1. The summed E-state index contributed by atoms with van der Waals surface area (Å²) < 4.78 is 7.36. The molecule has 108 valence electrons. The zero-order valence-electron chi connectivity index (χ0n) is 11.4. The third kappa shape index (κ3) is 2.87. The highest BCUT2D eigenvalue weighted by Crippen LogP contribution is 2.31. The van der Waals surface area contributed by atoms with Gasteiger partial charge in [0.25, 0.3) is 0 Å². The number of imidazole rings is 1. The van der Waals surface area contributed by atoms with Crippen LogP contribution in [0.5, 0.6) is 0 Å². The van der Waals surface area contributed by atoms with Gasteiger partial charge in [0.2, 0.25) is 0 Å². The van der Waals surface area contributed by atoms with Crippen LogP contribution in [0.2, 0.25) is 5.02 Å². The van der Waals surface area contributed by atoms with E-state index in [2.05, 4.69) is 20.0 Å². The number of aromatic amines is 1. The molecule has 0 spiro atoms. The van der Waals surface area contributed by atoms with Gasteiger partial charge in [0, 0.05) is 38.8 Å². The Kier molecular flexibility index (Phi) is 4.05. The zero-order chi connectivity index (χ0) is 13.9. The van der Waals surface area contributed by atoms with Crippen molar-refractivity contribution in [2.45, 2.75) is 25.1 Å². The summed E-state index contributed by atoms with van der Waals surface area (Å²) in [6.07, 6.45) is 8.37. The van der Waals surface area contributed by atoms with Gasteiger partial charge in [-0.15, -0.1) is 0 Å². The van der Waals surface area contributed by atoms with Crippen molar-refractivity contribution < 1.29 is 4.74 Å². The Morgan fingerprint density at radius 1 is 1.50 bits per heavy atom. The van der Waals surface area contributed by atoms with Gasteiger partial charge >= 0.3 is 0 Å². The Morgan fingerprint density at radius 3 is 3.05 bits per heavy atom. The molecule has 0 aromatic carbocycles. The number of nitrogens with zero attached hydrogens (tertiary/aromatic N) is 4. The number of H-pyrrole nitrogens is 1. The molecule has 0 bridgehead atoms. The fourth-order valence-electron chi connectivity index (χ4n) is 2.72. The molecule has 1 unspecified atom stereocenters. The van der Waals surface area contributed by atoms with Crippen molar-refractivity contribution in [1.82, 2.24) is 24.6 Å². The first-order valence-corrected chi connectivity index (χ1v) is 7.08. The van der Waals surface area contributed by atoms with E-state index in [9.17, 15) is 0 Å². The van der Waals surface area contributed by atoms with E-state index in [4.69, 9.17) is 16.3 Å². The largest absolute Gasteiger partial charge is 0.380 e. The molecule has 0 aliphatic carbocycles. The molecule has 0 amide bonds. The number of hydrogen-bond donors (Lipinski definition) is 1. The van der Waals surface area contributed by atoms with Crippen LogP contribution in [0.3, 0.4) is 0 Å². The standard InChI is InChI=1S/C13H18ClN5O/c1-20-11-6-12(13-15-2-3-16-13)18(9-11)4-5-19-8-10(14)7-17-19/h2-3,7-8,11-12H,4-6,9H2,1H3,(H,15,16)/t11-,12?/m1/s1. The lowest BCUT2D eigenvalue weighted by molar-refractivity contribution is 0.107. The molecule has 2 atom stereocenters. The van der Waals surface area contributed by atoms with E-state index in [-0.39, 0.29) is 12.1 Å². The van der Waals surface area contributed by atoms with Crippen molar-refractivity contribution in [2.24, 2.45) is 0 Å². The van der Waals surface area contributed by atoms with Crippen molar-refractivity contribution in [3.63, 3.8) is 0 Å². The Hall–Kier alpha value is -1.37. The van der Waals surface area contributed by atoms with Crippen LogP contribution in [0, 0.1) is 0 Å². The van der Waals surface area contributed by atoms with Crippen LogP contribution in [0.4, 0.5) is 0 Å². The molecule has 3 heterocycles. The van der Waals surface area contributed by atoms with E-state index < -0.39 is 0 Å². The van der Waals surface area contributed by atoms with E-state index in [1.54, 1.807) is 19.5 Å². The number of likely N-dealkylation sites (tertiary alicyclic amines) is 1.